The molecule has 1 heterocycles. The van der Waals surface area contributed by atoms with Gasteiger partial charge in [-0.1, -0.05) is 6.07 Å². The normalized spacial score (nSPS) is 10.6. The summed E-state index contributed by atoms with van der Waals surface area (Å²) in [5.74, 6) is 1.58. The zero-order valence-electron chi connectivity index (χ0n) is 16.8. The molecule has 0 radical (unpaired) electrons. The molecule has 8 heteroatoms. The van der Waals surface area contributed by atoms with Crippen molar-refractivity contribution in [2.45, 2.75) is 40.2 Å². The second kappa shape index (κ2) is 11.9. The molecule has 6 nitrogen and oxygen atoms in total. The van der Waals surface area contributed by atoms with E-state index in [0.29, 0.717) is 18.3 Å². The lowest BCUT2D eigenvalue weighted by atomic mass is 10.1. The summed E-state index contributed by atoms with van der Waals surface area (Å²) in [5, 5.41) is 11.6. The van der Waals surface area contributed by atoms with Crippen LogP contribution in [-0.2, 0) is 13.0 Å². The Labute approximate surface area is 181 Å². The fourth-order valence-electron chi connectivity index (χ4n) is 2.68. The number of rotatable bonds is 11. The zero-order valence-corrected chi connectivity index (χ0v) is 19.2. The van der Waals surface area contributed by atoms with Gasteiger partial charge in [0, 0.05) is 25.8 Å². The fraction of sp³-hybridized carbons (Fsp3) is 0.500. The van der Waals surface area contributed by atoms with Crippen molar-refractivity contribution in [3.63, 3.8) is 0 Å². The topological polar surface area (TPSA) is 60.3 Å². The molecule has 0 unspecified atom stereocenters. The first-order valence-corrected chi connectivity index (χ1v) is 10.8. The van der Waals surface area contributed by atoms with Gasteiger partial charge < -0.3 is 20.1 Å². The van der Waals surface area contributed by atoms with Crippen LogP contribution in [0.2, 0.25) is 0 Å². The molecule has 154 valence electrons. The van der Waals surface area contributed by atoms with Crippen molar-refractivity contribution in [2.24, 2.45) is 0 Å². The van der Waals surface area contributed by atoms with Crippen LogP contribution in [0.1, 0.15) is 31.5 Å². The molecular weight excluding hydrogens is 440 g/mol. The van der Waals surface area contributed by atoms with Crippen LogP contribution in [0.3, 0.4) is 0 Å². The molecule has 0 saturated carbocycles. The van der Waals surface area contributed by atoms with Gasteiger partial charge in [-0.15, -0.1) is 0 Å². The number of hydrogen-bond acceptors (Lipinski definition) is 4. The maximum Gasteiger partial charge on any atom is 0.166 e. The van der Waals surface area contributed by atoms with Gasteiger partial charge in [0.05, 0.1) is 23.4 Å². The number of halogens is 1. The molecule has 1 aromatic carbocycles. The quantitative estimate of drug-likeness (QED) is 0.385. The summed E-state index contributed by atoms with van der Waals surface area (Å²) in [6.07, 6.45) is 3.81. The molecule has 1 aromatic heterocycles. The van der Waals surface area contributed by atoms with Crippen LogP contribution < -0.4 is 20.1 Å². The molecule has 0 aliphatic rings. The van der Waals surface area contributed by atoms with Crippen LogP contribution >= 0.6 is 28.1 Å². The third-order valence-electron chi connectivity index (χ3n) is 4.04. The van der Waals surface area contributed by atoms with E-state index in [-0.39, 0.29) is 0 Å². The van der Waals surface area contributed by atoms with Gasteiger partial charge in [0.15, 0.2) is 16.6 Å². The predicted molar refractivity (Wildman–Crippen MR) is 120 cm³/mol. The lowest BCUT2D eigenvalue weighted by Gasteiger charge is -2.13. The molecule has 0 aliphatic carbocycles. The van der Waals surface area contributed by atoms with Gasteiger partial charge in [-0.2, -0.15) is 5.10 Å². The number of aryl methyl sites for hydroxylation is 2. The third kappa shape index (κ3) is 7.31. The number of nitrogens with zero attached hydrogens (tertiary/aromatic N) is 2. The lowest BCUT2D eigenvalue weighted by Crippen LogP contribution is -2.37. The monoisotopic (exact) mass is 468 g/mol. The zero-order chi connectivity index (χ0) is 20.4. The minimum atomic E-state index is 0.616. The standard InChI is InChI=1S/C20H29BrN4O2S/c1-4-26-18-8-7-16(13-19(18)27-5-2)9-11-23-20(28)22-10-6-12-25-14-17(21)15(3)24-25/h7-8,13-14H,4-6,9-12H2,1-3H3,(H2,22,23,28). The van der Waals surface area contributed by atoms with E-state index in [1.807, 2.05) is 43.8 Å². The molecule has 2 N–H and O–H groups in total. The van der Waals surface area contributed by atoms with Gasteiger partial charge in [0.1, 0.15) is 0 Å². The molecule has 0 spiro atoms. The Morgan fingerprint density at radius 2 is 1.86 bits per heavy atom. The summed E-state index contributed by atoms with van der Waals surface area (Å²) >= 11 is 8.83. The highest BCUT2D eigenvalue weighted by atomic mass is 79.9. The van der Waals surface area contributed by atoms with Crippen LogP contribution in [0.4, 0.5) is 0 Å². The maximum absolute atomic E-state index is 5.67. The van der Waals surface area contributed by atoms with Crippen LogP contribution in [0.5, 0.6) is 11.5 Å². The van der Waals surface area contributed by atoms with Crippen molar-refractivity contribution in [3.8, 4) is 11.5 Å². The molecule has 0 fully saturated rings. The second-order valence-corrected chi connectivity index (χ2v) is 7.52. The average molecular weight is 469 g/mol. The number of ether oxygens (including phenoxy) is 2. The highest BCUT2D eigenvalue weighted by molar-refractivity contribution is 9.10. The number of benzene rings is 1. The SMILES string of the molecule is CCOc1ccc(CCNC(=S)NCCCn2cc(Br)c(C)n2)cc1OCC. The summed E-state index contributed by atoms with van der Waals surface area (Å²) < 4.78 is 14.3. The van der Waals surface area contributed by atoms with Gasteiger partial charge in [-0.05, 0) is 79.5 Å². The highest BCUT2D eigenvalue weighted by Crippen LogP contribution is 2.28. The number of nitrogens with one attached hydrogen (secondary N) is 2. The van der Waals surface area contributed by atoms with Crippen LogP contribution in [0, 0.1) is 6.92 Å². The Balaban J connectivity index is 1.67. The summed E-state index contributed by atoms with van der Waals surface area (Å²) in [7, 11) is 0. The van der Waals surface area contributed by atoms with Crippen molar-refractivity contribution >= 4 is 33.3 Å². The molecular formula is C20H29BrN4O2S. The number of aromatic nitrogens is 2. The Bertz CT molecular complexity index is 747. The Morgan fingerprint density at radius 1 is 1.14 bits per heavy atom. The fourth-order valence-corrected chi connectivity index (χ4v) is 3.20. The minimum Gasteiger partial charge on any atom is -0.490 e. The Hall–Kier alpha value is -1.80. The van der Waals surface area contributed by atoms with Crippen molar-refractivity contribution in [2.75, 3.05) is 26.3 Å². The van der Waals surface area contributed by atoms with E-state index >= 15 is 0 Å². The predicted octanol–water partition coefficient (Wildman–Crippen LogP) is 3.85. The summed E-state index contributed by atoms with van der Waals surface area (Å²) in [6, 6.07) is 6.07. The molecule has 0 amide bonds. The van der Waals surface area contributed by atoms with Crippen LogP contribution in [0.25, 0.3) is 0 Å². The van der Waals surface area contributed by atoms with Crippen molar-refractivity contribution in [3.05, 3.63) is 40.1 Å². The van der Waals surface area contributed by atoms with Gasteiger partial charge >= 0.3 is 0 Å². The first kappa shape index (κ1) is 22.5. The van der Waals surface area contributed by atoms with Crippen LogP contribution in [-0.4, -0.2) is 41.2 Å². The maximum atomic E-state index is 5.67. The van der Waals surface area contributed by atoms with Gasteiger partial charge in [-0.3, -0.25) is 4.68 Å². The first-order chi connectivity index (χ1) is 13.5. The summed E-state index contributed by atoms with van der Waals surface area (Å²) in [4.78, 5) is 0. The number of hydrogen-bond donors (Lipinski definition) is 2. The Kier molecular flexibility index (Phi) is 9.57. The van der Waals surface area contributed by atoms with E-state index in [1.165, 1.54) is 5.56 Å². The number of thiocarbonyl (C=S) groups is 1. The molecule has 0 aliphatic heterocycles. The molecule has 0 atom stereocenters. The van der Waals surface area contributed by atoms with Gasteiger partial charge in [0.2, 0.25) is 0 Å². The van der Waals surface area contributed by atoms with Crippen molar-refractivity contribution in [1.82, 2.24) is 20.4 Å². The van der Waals surface area contributed by atoms with Crippen LogP contribution in [0.15, 0.2) is 28.9 Å². The molecule has 0 saturated heterocycles. The largest absolute Gasteiger partial charge is 0.490 e. The lowest BCUT2D eigenvalue weighted by molar-refractivity contribution is 0.287. The molecule has 2 rings (SSSR count). The summed E-state index contributed by atoms with van der Waals surface area (Å²) in [6.45, 7) is 9.59. The third-order valence-corrected chi connectivity index (χ3v) is 5.11. The van der Waals surface area contributed by atoms with E-state index in [9.17, 15) is 0 Å². The summed E-state index contributed by atoms with van der Waals surface area (Å²) in [5.41, 5.74) is 2.19. The van der Waals surface area contributed by atoms with Crippen molar-refractivity contribution in [1.29, 1.82) is 0 Å². The molecule has 2 aromatic rings. The van der Waals surface area contributed by atoms with Gasteiger partial charge in [-0.25, -0.2) is 0 Å². The van der Waals surface area contributed by atoms with E-state index in [0.717, 1.165) is 54.1 Å². The van der Waals surface area contributed by atoms with Gasteiger partial charge in [0.25, 0.3) is 0 Å². The van der Waals surface area contributed by atoms with E-state index < -0.39 is 0 Å². The highest BCUT2D eigenvalue weighted by Gasteiger charge is 2.06. The second-order valence-electron chi connectivity index (χ2n) is 6.26. The van der Waals surface area contributed by atoms with E-state index in [4.69, 9.17) is 21.7 Å². The van der Waals surface area contributed by atoms with E-state index in [1.54, 1.807) is 0 Å². The van der Waals surface area contributed by atoms with E-state index in [2.05, 4.69) is 37.7 Å². The minimum absolute atomic E-state index is 0.616. The molecule has 28 heavy (non-hydrogen) atoms. The molecule has 0 bridgehead atoms. The smallest absolute Gasteiger partial charge is 0.166 e. The van der Waals surface area contributed by atoms with Crippen molar-refractivity contribution < 1.29 is 9.47 Å². The average Bonchev–Trinajstić information content (AvgIpc) is 2.99. The Morgan fingerprint density at radius 3 is 2.54 bits per heavy atom. The first-order valence-electron chi connectivity index (χ1n) is 9.63.